The van der Waals surface area contributed by atoms with E-state index in [9.17, 15) is 14.4 Å². The van der Waals surface area contributed by atoms with Crippen molar-refractivity contribution in [3.8, 4) is 0 Å². The zero-order valence-electron chi connectivity index (χ0n) is 17.5. The second kappa shape index (κ2) is 6.40. The van der Waals surface area contributed by atoms with Gasteiger partial charge in [-0.1, -0.05) is 26.0 Å². The zero-order chi connectivity index (χ0) is 20.4. The molecule has 152 valence electrons. The van der Waals surface area contributed by atoms with Gasteiger partial charge in [0.25, 0.3) is 0 Å². The molecule has 4 nitrogen and oxygen atoms in total. The molecule has 0 aromatic heterocycles. The summed E-state index contributed by atoms with van der Waals surface area (Å²) in [5.74, 6) is 1.46. The average molecular weight is 385 g/mol. The van der Waals surface area contributed by atoms with E-state index in [2.05, 4.69) is 20.4 Å². The molecule has 3 fully saturated rings. The summed E-state index contributed by atoms with van der Waals surface area (Å²) in [6, 6.07) is 0. The van der Waals surface area contributed by atoms with Crippen LogP contribution in [0.1, 0.15) is 66.2 Å². The van der Waals surface area contributed by atoms with Gasteiger partial charge in [-0.3, -0.25) is 14.4 Å². The third kappa shape index (κ3) is 2.59. The molecule has 1 unspecified atom stereocenters. The molecule has 4 heteroatoms. The standard InChI is InChI=1S/C24H32O4/c1-13-10-17-19-7-6-18(14(2)25)23(19,4)9-8-20(17)24(5)21(13)11-16(27)12-22(24)28-15(3)26/h11,17-20,22H,1,6-10,12H2,2-5H3/t17-,18+,19-,20-,22?,23+,24+/m0/s1. The van der Waals surface area contributed by atoms with Gasteiger partial charge in [0.05, 0.1) is 0 Å². The molecule has 28 heavy (non-hydrogen) atoms. The van der Waals surface area contributed by atoms with Crippen LogP contribution in [0.4, 0.5) is 0 Å². The molecule has 0 N–H and O–H groups in total. The lowest BCUT2D eigenvalue weighted by atomic mass is 9.45. The highest BCUT2D eigenvalue weighted by atomic mass is 16.5. The highest BCUT2D eigenvalue weighted by Crippen LogP contribution is 2.67. The summed E-state index contributed by atoms with van der Waals surface area (Å²) >= 11 is 0. The fourth-order valence-electron chi connectivity index (χ4n) is 7.61. The van der Waals surface area contributed by atoms with Crippen LogP contribution in [0.15, 0.2) is 23.8 Å². The van der Waals surface area contributed by atoms with E-state index in [0.717, 1.165) is 43.3 Å². The number of carbonyl (C=O) groups is 3. The van der Waals surface area contributed by atoms with Crippen molar-refractivity contribution in [1.29, 1.82) is 0 Å². The highest BCUT2D eigenvalue weighted by Gasteiger charge is 2.62. The van der Waals surface area contributed by atoms with E-state index in [1.54, 1.807) is 13.0 Å². The SMILES string of the molecule is C=C1C[C@H]2[C@@H]3CC[C@H](C(C)=O)[C@@]3(C)CC[C@@H]2[C@]2(C)C1=CC(=O)CC2OC(C)=O. The van der Waals surface area contributed by atoms with E-state index in [1.165, 1.54) is 6.92 Å². The Morgan fingerprint density at radius 1 is 1.11 bits per heavy atom. The van der Waals surface area contributed by atoms with Gasteiger partial charge in [0.1, 0.15) is 11.9 Å². The Bertz CT molecular complexity index is 792. The van der Waals surface area contributed by atoms with Crippen LogP contribution in [0, 0.1) is 34.5 Å². The Morgan fingerprint density at radius 3 is 2.46 bits per heavy atom. The maximum Gasteiger partial charge on any atom is 0.302 e. The minimum Gasteiger partial charge on any atom is -0.461 e. The minimum absolute atomic E-state index is 0.0245. The van der Waals surface area contributed by atoms with Crippen LogP contribution in [0.3, 0.4) is 0 Å². The largest absolute Gasteiger partial charge is 0.461 e. The summed E-state index contributed by atoms with van der Waals surface area (Å²) in [5, 5.41) is 0. The Morgan fingerprint density at radius 2 is 1.82 bits per heavy atom. The first kappa shape index (κ1) is 19.6. The van der Waals surface area contributed by atoms with E-state index in [4.69, 9.17) is 4.74 Å². The number of ether oxygens (including phenoxy) is 1. The summed E-state index contributed by atoms with van der Waals surface area (Å²) < 4.78 is 5.73. The van der Waals surface area contributed by atoms with Gasteiger partial charge in [-0.05, 0) is 73.8 Å². The molecule has 0 amide bonds. The molecule has 4 rings (SSSR count). The van der Waals surface area contributed by atoms with Crippen LogP contribution in [-0.4, -0.2) is 23.6 Å². The summed E-state index contributed by atoms with van der Waals surface area (Å²) in [4.78, 5) is 36.5. The molecule has 0 bridgehead atoms. The lowest BCUT2D eigenvalue weighted by molar-refractivity contribution is -0.162. The van der Waals surface area contributed by atoms with Crippen LogP contribution >= 0.6 is 0 Å². The number of Topliss-reactive ketones (excluding diaryl/α,β-unsaturated/α-hetero) is 1. The van der Waals surface area contributed by atoms with E-state index in [-0.39, 0.29) is 34.9 Å². The molecule has 0 aromatic rings. The Balaban J connectivity index is 1.76. The van der Waals surface area contributed by atoms with Crippen LogP contribution in [0.5, 0.6) is 0 Å². The molecule has 0 radical (unpaired) electrons. The van der Waals surface area contributed by atoms with Crippen LogP contribution < -0.4 is 0 Å². The van der Waals surface area contributed by atoms with Crippen molar-refractivity contribution in [1.82, 2.24) is 0 Å². The van der Waals surface area contributed by atoms with Gasteiger partial charge in [0.2, 0.25) is 0 Å². The lowest BCUT2D eigenvalue weighted by Gasteiger charge is -2.59. The normalized spacial score (nSPS) is 44.9. The monoisotopic (exact) mass is 384 g/mol. The number of allylic oxidation sites excluding steroid dienone is 1. The third-order valence-corrected chi connectivity index (χ3v) is 8.81. The molecule has 0 heterocycles. The summed E-state index contributed by atoms with van der Waals surface area (Å²) in [7, 11) is 0. The molecule has 7 atom stereocenters. The summed E-state index contributed by atoms with van der Waals surface area (Å²) in [6.45, 7) is 12.0. The third-order valence-electron chi connectivity index (χ3n) is 8.81. The van der Waals surface area contributed by atoms with Crippen LogP contribution in [-0.2, 0) is 19.1 Å². The second-order valence-corrected chi connectivity index (χ2v) is 10.1. The van der Waals surface area contributed by atoms with E-state index in [1.807, 2.05) is 0 Å². The Hall–Kier alpha value is -1.71. The Labute approximate surface area is 167 Å². The van der Waals surface area contributed by atoms with Crippen molar-refractivity contribution in [3.05, 3.63) is 23.8 Å². The predicted molar refractivity (Wildman–Crippen MR) is 106 cm³/mol. The van der Waals surface area contributed by atoms with Crippen LogP contribution in [0.2, 0.25) is 0 Å². The van der Waals surface area contributed by atoms with E-state index in [0.29, 0.717) is 23.5 Å². The number of fused-ring (bicyclic) bond motifs is 5. The molecule has 3 saturated carbocycles. The van der Waals surface area contributed by atoms with E-state index < -0.39 is 6.10 Å². The number of hydrogen-bond acceptors (Lipinski definition) is 4. The molecular weight excluding hydrogens is 352 g/mol. The lowest BCUT2D eigenvalue weighted by Crippen LogP contribution is -2.56. The number of esters is 1. The number of carbonyl (C=O) groups excluding carboxylic acids is 3. The molecule has 0 aliphatic heterocycles. The molecule has 0 saturated heterocycles. The van der Waals surface area contributed by atoms with Gasteiger partial charge in [-0.15, -0.1) is 0 Å². The van der Waals surface area contributed by atoms with Crippen molar-refractivity contribution in [3.63, 3.8) is 0 Å². The fourth-order valence-corrected chi connectivity index (χ4v) is 7.61. The molecule has 0 aromatic carbocycles. The second-order valence-electron chi connectivity index (χ2n) is 10.1. The van der Waals surface area contributed by atoms with Crippen LogP contribution in [0.25, 0.3) is 0 Å². The summed E-state index contributed by atoms with van der Waals surface area (Å²) in [5.41, 5.74) is 1.71. The van der Waals surface area contributed by atoms with Gasteiger partial charge in [-0.2, -0.15) is 0 Å². The first-order valence-electron chi connectivity index (χ1n) is 10.7. The average Bonchev–Trinajstić information content (AvgIpc) is 2.94. The van der Waals surface area contributed by atoms with Gasteiger partial charge in [0, 0.05) is 24.7 Å². The number of rotatable bonds is 2. The first-order chi connectivity index (χ1) is 13.1. The fraction of sp³-hybridized carbons (Fsp3) is 0.708. The smallest absolute Gasteiger partial charge is 0.302 e. The van der Waals surface area contributed by atoms with Gasteiger partial charge >= 0.3 is 5.97 Å². The van der Waals surface area contributed by atoms with Crippen molar-refractivity contribution in [2.75, 3.05) is 0 Å². The first-order valence-corrected chi connectivity index (χ1v) is 10.7. The van der Waals surface area contributed by atoms with Crippen molar-refractivity contribution >= 4 is 17.5 Å². The van der Waals surface area contributed by atoms with Crippen molar-refractivity contribution in [2.45, 2.75) is 72.3 Å². The van der Waals surface area contributed by atoms with E-state index >= 15 is 0 Å². The maximum absolute atomic E-state index is 12.4. The summed E-state index contributed by atoms with van der Waals surface area (Å²) in [6.07, 6.45) is 6.59. The predicted octanol–water partition coefficient (Wildman–Crippen LogP) is 4.43. The topological polar surface area (TPSA) is 60.4 Å². The maximum atomic E-state index is 12.4. The van der Waals surface area contributed by atoms with Crippen molar-refractivity contribution < 1.29 is 19.1 Å². The zero-order valence-corrected chi connectivity index (χ0v) is 17.5. The quantitative estimate of drug-likeness (QED) is 0.661. The van der Waals surface area contributed by atoms with Crippen molar-refractivity contribution in [2.24, 2.45) is 34.5 Å². The van der Waals surface area contributed by atoms with Gasteiger partial charge < -0.3 is 4.74 Å². The molecular formula is C24H32O4. The number of ketones is 2. The number of hydrogen-bond donors (Lipinski definition) is 0. The van der Waals surface area contributed by atoms with Gasteiger partial charge in [-0.25, -0.2) is 0 Å². The molecule has 0 spiro atoms. The minimum atomic E-state index is -0.420. The highest BCUT2D eigenvalue weighted by molar-refractivity contribution is 5.93. The Kier molecular flexibility index (Phi) is 4.48. The van der Waals surface area contributed by atoms with Gasteiger partial charge in [0.15, 0.2) is 5.78 Å². The molecule has 4 aliphatic rings. The molecule has 4 aliphatic carbocycles.